The molecule has 5 heteroatoms. The summed E-state index contributed by atoms with van der Waals surface area (Å²) < 4.78 is 0. The summed E-state index contributed by atoms with van der Waals surface area (Å²) in [5.74, 6) is 0.200. The van der Waals surface area contributed by atoms with Crippen LogP contribution in [-0.2, 0) is 6.42 Å². The van der Waals surface area contributed by atoms with Gasteiger partial charge < -0.3 is 5.32 Å². The molecule has 1 amide bonds. The van der Waals surface area contributed by atoms with Gasteiger partial charge in [-0.25, -0.2) is 5.10 Å². The van der Waals surface area contributed by atoms with Gasteiger partial charge in [-0.1, -0.05) is 61.4 Å². The number of nitrogens with one attached hydrogen (secondary N) is 2. The van der Waals surface area contributed by atoms with Crippen molar-refractivity contribution >= 4 is 16.7 Å². The molecule has 1 aliphatic carbocycles. The Kier molecular flexibility index (Phi) is 5.01. The highest BCUT2D eigenvalue weighted by atomic mass is 16.2. The lowest BCUT2D eigenvalue weighted by molar-refractivity contribution is 0.0901. The number of H-pyrrole nitrogens is 1. The number of aromatic nitrogens is 2. The second-order valence-corrected chi connectivity index (χ2v) is 7.26. The monoisotopic (exact) mass is 361 g/mol. The number of carbonyl (C=O) groups excluding carboxylic acids is 1. The van der Waals surface area contributed by atoms with Gasteiger partial charge in [-0.15, -0.1) is 0 Å². The number of amides is 1. The molecule has 2 N–H and O–H groups in total. The smallest absolute Gasteiger partial charge is 0.272 e. The molecule has 0 saturated heterocycles. The molecule has 2 unspecified atom stereocenters. The van der Waals surface area contributed by atoms with Crippen LogP contribution in [0.25, 0.3) is 10.8 Å². The van der Waals surface area contributed by atoms with Gasteiger partial charge >= 0.3 is 0 Å². The van der Waals surface area contributed by atoms with E-state index in [2.05, 4.69) is 39.8 Å². The van der Waals surface area contributed by atoms with Crippen LogP contribution in [0.3, 0.4) is 0 Å². The van der Waals surface area contributed by atoms with Crippen molar-refractivity contribution in [2.75, 3.05) is 0 Å². The molecular weight excluding hydrogens is 338 g/mol. The fraction of sp³-hybridized carbons (Fsp3) is 0.318. The molecule has 1 saturated carbocycles. The maximum absolute atomic E-state index is 12.9. The van der Waals surface area contributed by atoms with Crippen LogP contribution in [-0.4, -0.2) is 22.1 Å². The van der Waals surface area contributed by atoms with Gasteiger partial charge in [-0.3, -0.25) is 9.59 Å². The van der Waals surface area contributed by atoms with Crippen molar-refractivity contribution in [2.24, 2.45) is 5.92 Å². The molecule has 3 aromatic rings. The summed E-state index contributed by atoms with van der Waals surface area (Å²) in [4.78, 5) is 24.9. The fourth-order valence-corrected chi connectivity index (χ4v) is 4.08. The first-order valence-corrected chi connectivity index (χ1v) is 9.54. The molecule has 1 aromatic heterocycles. The summed E-state index contributed by atoms with van der Waals surface area (Å²) in [5, 5.41) is 10.8. The third-order valence-corrected chi connectivity index (χ3v) is 5.48. The van der Waals surface area contributed by atoms with Gasteiger partial charge in [-0.05, 0) is 36.8 Å². The van der Waals surface area contributed by atoms with E-state index in [0.717, 1.165) is 25.7 Å². The highest BCUT2D eigenvalue weighted by Gasteiger charge is 2.28. The molecule has 2 aromatic carbocycles. The van der Waals surface area contributed by atoms with Crippen molar-refractivity contribution < 1.29 is 4.79 Å². The molecule has 0 spiro atoms. The molecule has 2 atom stereocenters. The first-order chi connectivity index (χ1) is 13.2. The predicted molar refractivity (Wildman–Crippen MR) is 106 cm³/mol. The van der Waals surface area contributed by atoms with Crippen molar-refractivity contribution in [1.29, 1.82) is 0 Å². The zero-order chi connectivity index (χ0) is 18.6. The fourth-order valence-electron chi connectivity index (χ4n) is 4.08. The number of aromatic amines is 1. The first-order valence-electron chi connectivity index (χ1n) is 9.54. The molecule has 0 aliphatic heterocycles. The van der Waals surface area contributed by atoms with Crippen LogP contribution in [0, 0.1) is 5.92 Å². The highest BCUT2D eigenvalue weighted by molar-refractivity contribution is 6.04. The molecule has 0 bridgehead atoms. The molecule has 1 heterocycles. The minimum Gasteiger partial charge on any atom is -0.348 e. The van der Waals surface area contributed by atoms with Gasteiger partial charge in [0.25, 0.3) is 11.5 Å². The van der Waals surface area contributed by atoms with Gasteiger partial charge in [0.05, 0.1) is 5.39 Å². The number of rotatable bonds is 4. The maximum Gasteiger partial charge on any atom is 0.272 e. The summed E-state index contributed by atoms with van der Waals surface area (Å²) in [6.45, 7) is 0. The molecule has 4 rings (SSSR count). The second kappa shape index (κ2) is 7.74. The second-order valence-electron chi connectivity index (χ2n) is 7.26. The van der Waals surface area contributed by atoms with E-state index in [4.69, 9.17) is 0 Å². The van der Waals surface area contributed by atoms with E-state index in [0.29, 0.717) is 16.7 Å². The lowest BCUT2D eigenvalue weighted by Gasteiger charge is -2.32. The van der Waals surface area contributed by atoms with Crippen LogP contribution in [0.5, 0.6) is 0 Å². The Morgan fingerprint density at radius 3 is 2.52 bits per heavy atom. The molecule has 0 radical (unpaired) electrons. The number of benzene rings is 2. The van der Waals surface area contributed by atoms with Crippen LogP contribution in [0.2, 0.25) is 0 Å². The summed E-state index contributed by atoms with van der Waals surface area (Å²) in [7, 11) is 0. The average molecular weight is 361 g/mol. The Balaban J connectivity index is 1.56. The predicted octanol–water partition coefficient (Wildman–Crippen LogP) is 3.45. The number of nitrogens with zero attached hydrogens (tertiary/aromatic N) is 1. The average Bonchev–Trinajstić information content (AvgIpc) is 2.71. The number of hydrogen-bond donors (Lipinski definition) is 2. The van der Waals surface area contributed by atoms with Crippen molar-refractivity contribution in [2.45, 2.75) is 38.1 Å². The Morgan fingerprint density at radius 2 is 1.70 bits per heavy atom. The lowest BCUT2D eigenvalue weighted by atomic mass is 9.80. The number of fused-ring (bicyclic) bond motifs is 1. The Morgan fingerprint density at radius 1 is 1.00 bits per heavy atom. The van der Waals surface area contributed by atoms with E-state index in [9.17, 15) is 9.59 Å². The third kappa shape index (κ3) is 3.77. The Labute approximate surface area is 157 Å². The lowest BCUT2D eigenvalue weighted by Crippen LogP contribution is -2.43. The van der Waals surface area contributed by atoms with Crippen molar-refractivity contribution in [3.63, 3.8) is 0 Å². The largest absolute Gasteiger partial charge is 0.348 e. The van der Waals surface area contributed by atoms with E-state index in [1.54, 1.807) is 18.2 Å². The Hall–Kier alpha value is -2.95. The molecule has 5 nitrogen and oxygen atoms in total. The van der Waals surface area contributed by atoms with Crippen LogP contribution >= 0.6 is 0 Å². The Bertz CT molecular complexity index is 997. The standard InChI is InChI=1S/C22H23N3O2/c26-21-18-12-6-5-11-17(18)20(24-25-21)22(27)23-19-13-7-4-10-16(19)14-15-8-2-1-3-9-15/h1-3,5-6,8-9,11-12,16,19H,4,7,10,13-14H2,(H,23,27)(H,25,26). The zero-order valence-electron chi connectivity index (χ0n) is 15.2. The van der Waals surface area contributed by atoms with Crippen LogP contribution in [0.4, 0.5) is 0 Å². The van der Waals surface area contributed by atoms with Gasteiger partial charge in [0.15, 0.2) is 5.69 Å². The summed E-state index contributed by atoms with van der Waals surface area (Å²) in [5.41, 5.74) is 1.31. The summed E-state index contributed by atoms with van der Waals surface area (Å²) in [6.07, 6.45) is 5.37. The SMILES string of the molecule is O=C(NC1CCCCC1Cc1ccccc1)c1n[nH]c(=O)c2ccccc12. The number of carbonyl (C=O) groups is 1. The summed E-state index contributed by atoms with van der Waals surface area (Å²) >= 11 is 0. The van der Waals surface area contributed by atoms with Gasteiger partial charge in [0.1, 0.15) is 0 Å². The minimum absolute atomic E-state index is 0.124. The highest BCUT2D eigenvalue weighted by Crippen LogP contribution is 2.28. The van der Waals surface area contributed by atoms with E-state index in [-0.39, 0.29) is 23.2 Å². The van der Waals surface area contributed by atoms with E-state index in [1.165, 1.54) is 12.0 Å². The van der Waals surface area contributed by atoms with Crippen molar-refractivity contribution in [1.82, 2.24) is 15.5 Å². The molecule has 138 valence electrons. The van der Waals surface area contributed by atoms with Crippen molar-refractivity contribution in [3.05, 3.63) is 76.2 Å². The quantitative estimate of drug-likeness (QED) is 0.747. The van der Waals surface area contributed by atoms with Crippen LogP contribution in [0.15, 0.2) is 59.4 Å². The molecule has 1 fully saturated rings. The first kappa shape index (κ1) is 17.5. The topological polar surface area (TPSA) is 74.8 Å². The van der Waals surface area contributed by atoms with Gasteiger partial charge in [0.2, 0.25) is 0 Å². The molecular formula is C22H23N3O2. The third-order valence-electron chi connectivity index (χ3n) is 5.48. The van der Waals surface area contributed by atoms with E-state index in [1.807, 2.05) is 12.1 Å². The van der Waals surface area contributed by atoms with E-state index >= 15 is 0 Å². The van der Waals surface area contributed by atoms with Gasteiger partial charge in [-0.2, -0.15) is 5.10 Å². The summed E-state index contributed by atoms with van der Waals surface area (Å²) in [6, 6.07) is 17.6. The van der Waals surface area contributed by atoms with Gasteiger partial charge in [0, 0.05) is 11.4 Å². The molecule has 1 aliphatic rings. The number of hydrogen-bond acceptors (Lipinski definition) is 3. The maximum atomic E-state index is 12.9. The minimum atomic E-state index is -0.276. The molecule has 27 heavy (non-hydrogen) atoms. The van der Waals surface area contributed by atoms with Crippen molar-refractivity contribution in [3.8, 4) is 0 Å². The zero-order valence-corrected chi connectivity index (χ0v) is 15.2. The van der Waals surface area contributed by atoms with Crippen LogP contribution < -0.4 is 10.9 Å². The van der Waals surface area contributed by atoms with E-state index < -0.39 is 0 Å². The van der Waals surface area contributed by atoms with Crippen LogP contribution in [0.1, 0.15) is 41.7 Å². The normalized spacial score (nSPS) is 19.7.